The van der Waals surface area contributed by atoms with Crippen LogP contribution in [-0.4, -0.2) is 38.1 Å². The summed E-state index contributed by atoms with van der Waals surface area (Å²) in [5, 5.41) is 5.84. The Balaban J connectivity index is 1.83. The number of methoxy groups -OCH3 is 1. The highest BCUT2D eigenvalue weighted by molar-refractivity contribution is 5.85. The highest BCUT2D eigenvalue weighted by Crippen LogP contribution is 2.27. The Labute approximate surface area is 125 Å². The first-order valence-corrected chi connectivity index (χ1v) is 7.31. The van der Waals surface area contributed by atoms with Crippen LogP contribution in [0, 0.1) is 5.92 Å². The number of carbonyl (C=O) groups excluding carboxylic acids is 2. The van der Waals surface area contributed by atoms with Crippen molar-refractivity contribution in [2.75, 3.05) is 20.2 Å². The molecule has 0 radical (unpaired) electrons. The molecule has 1 amide bonds. The van der Waals surface area contributed by atoms with E-state index in [0.29, 0.717) is 6.42 Å². The maximum absolute atomic E-state index is 11.9. The number of hydrogen-bond acceptors (Lipinski definition) is 4. The van der Waals surface area contributed by atoms with Gasteiger partial charge in [-0.15, -0.1) is 0 Å². The van der Waals surface area contributed by atoms with Crippen LogP contribution in [0.25, 0.3) is 0 Å². The van der Waals surface area contributed by atoms with Gasteiger partial charge < -0.3 is 15.4 Å². The van der Waals surface area contributed by atoms with Gasteiger partial charge >= 0.3 is 5.97 Å². The Bertz CT molecular complexity index is 472. The summed E-state index contributed by atoms with van der Waals surface area (Å²) in [5.41, 5.74) is 0.985. The molecule has 1 fully saturated rings. The predicted octanol–water partition coefficient (Wildman–Crippen LogP) is 0.886. The number of rotatable bonds is 8. The molecule has 0 aliphatic heterocycles. The van der Waals surface area contributed by atoms with Gasteiger partial charge in [-0.05, 0) is 30.9 Å². The van der Waals surface area contributed by atoms with Crippen LogP contribution in [0.5, 0.6) is 0 Å². The first-order valence-electron chi connectivity index (χ1n) is 7.31. The second-order valence-corrected chi connectivity index (χ2v) is 5.41. The number of carbonyl (C=O) groups is 2. The monoisotopic (exact) mass is 290 g/mol. The van der Waals surface area contributed by atoms with Crippen molar-refractivity contribution in [1.29, 1.82) is 0 Å². The molecule has 5 nitrogen and oxygen atoms in total. The minimum atomic E-state index is -0.646. The van der Waals surface area contributed by atoms with Crippen molar-refractivity contribution in [2.45, 2.75) is 25.3 Å². The summed E-state index contributed by atoms with van der Waals surface area (Å²) >= 11 is 0. The van der Waals surface area contributed by atoms with Crippen molar-refractivity contribution in [3.05, 3.63) is 35.9 Å². The van der Waals surface area contributed by atoms with E-state index in [1.54, 1.807) is 0 Å². The van der Waals surface area contributed by atoms with E-state index in [4.69, 9.17) is 4.74 Å². The SMILES string of the molecule is COC(=O)C(Cc1ccccc1)NC(=O)CNCC1CC1. The number of ether oxygens (including phenoxy) is 1. The third kappa shape index (κ3) is 5.55. The van der Waals surface area contributed by atoms with E-state index in [1.165, 1.54) is 20.0 Å². The first-order chi connectivity index (χ1) is 10.2. The van der Waals surface area contributed by atoms with E-state index in [2.05, 4.69) is 10.6 Å². The Morgan fingerprint density at radius 2 is 2.00 bits per heavy atom. The summed E-state index contributed by atoms with van der Waals surface area (Å²) in [7, 11) is 1.33. The van der Waals surface area contributed by atoms with Crippen LogP contribution >= 0.6 is 0 Å². The zero-order valence-corrected chi connectivity index (χ0v) is 12.3. The Morgan fingerprint density at radius 1 is 1.29 bits per heavy atom. The van der Waals surface area contributed by atoms with Gasteiger partial charge in [0.05, 0.1) is 13.7 Å². The quantitative estimate of drug-likeness (QED) is 0.698. The van der Waals surface area contributed by atoms with E-state index in [0.717, 1.165) is 18.0 Å². The van der Waals surface area contributed by atoms with Gasteiger partial charge in [-0.1, -0.05) is 30.3 Å². The van der Waals surface area contributed by atoms with Crippen LogP contribution in [0.3, 0.4) is 0 Å². The van der Waals surface area contributed by atoms with E-state index < -0.39 is 12.0 Å². The van der Waals surface area contributed by atoms with Crippen LogP contribution in [0.15, 0.2) is 30.3 Å². The van der Waals surface area contributed by atoms with Gasteiger partial charge in [0.15, 0.2) is 0 Å². The molecule has 0 heterocycles. The average molecular weight is 290 g/mol. The van der Waals surface area contributed by atoms with Crippen LogP contribution in [0.1, 0.15) is 18.4 Å². The molecule has 0 spiro atoms. The molecule has 1 aromatic rings. The molecule has 0 bridgehead atoms. The molecule has 2 N–H and O–H groups in total. The molecular formula is C16H22N2O3. The Hall–Kier alpha value is -1.88. The van der Waals surface area contributed by atoms with E-state index >= 15 is 0 Å². The molecule has 1 aliphatic carbocycles. The predicted molar refractivity (Wildman–Crippen MR) is 79.7 cm³/mol. The van der Waals surface area contributed by atoms with Crippen molar-refractivity contribution in [3.8, 4) is 0 Å². The van der Waals surface area contributed by atoms with Crippen molar-refractivity contribution < 1.29 is 14.3 Å². The van der Waals surface area contributed by atoms with Crippen LogP contribution in [0.4, 0.5) is 0 Å². The van der Waals surface area contributed by atoms with Gasteiger partial charge in [-0.25, -0.2) is 4.79 Å². The molecule has 114 valence electrons. The number of nitrogens with one attached hydrogen (secondary N) is 2. The zero-order valence-electron chi connectivity index (χ0n) is 12.3. The molecule has 0 saturated heterocycles. The summed E-state index contributed by atoms with van der Waals surface area (Å²) in [5.74, 6) is 0.120. The van der Waals surface area contributed by atoms with Crippen LogP contribution in [0.2, 0.25) is 0 Å². The van der Waals surface area contributed by atoms with Gasteiger partial charge in [0.1, 0.15) is 6.04 Å². The van der Waals surface area contributed by atoms with Crippen molar-refractivity contribution in [2.24, 2.45) is 5.92 Å². The summed E-state index contributed by atoms with van der Waals surface area (Å²) in [4.78, 5) is 23.7. The fraction of sp³-hybridized carbons (Fsp3) is 0.500. The summed E-state index contributed by atoms with van der Waals surface area (Å²) in [6.45, 7) is 1.10. The van der Waals surface area contributed by atoms with Gasteiger partial charge in [-0.2, -0.15) is 0 Å². The molecule has 21 heavy (non-hydrogen) atoms. The van der Waals surface area contributed by atoms with Crippen LogP contribution in [-0.2, 0) is 20.7 Å². The molecule has 0 aromatic heterocycles. The highest BCUT2D eigenvalue weighted by atomic mass is 16.5. The van der Waals surface area contributed by atoms with Gasteiger partial charge in [0.2, 0.25) is 5.91 Å². The lowest BCUT2D eigenvalue weighted by atomic mass is 10.1. The maximum atomic E-state index is 11.9. The second-order valence-electron chi connectivity index (χ2n) is 5.41. The molecule has 1 unspecified atom stereocenters. The maximum Gasteiger partial charge on any atom is 0.328 e. The summed E-state index contributed by atoms with van der Waals surface area (Å²) in [6.07, 6.45) is 2.92. The third-order valence-corrected chi connectivity index (χ3v) is 3.52. The standard InChI is InChI=1S/C16H22N2O3/c1-21-16(20)14(9-12-5-3-2-4-6-12)18-15(19)11-17-10-13-7-8-13/h2-6,13-14,17H,7-11H2,1H3,(H,18,19). The molecule has 1 aliphatic rings. The fourth-order valence-corrected chi connectivity index (χ4v) is 2.14. The second kappa shape index (κ2) is 7.78. The molecule has 2 rings (SSSR count). The third-order valence-electron chi connectivity index (χ3n) is 3.52. The Kier molecular flexibility index (Phi) is 5.75. The first kappa shape index (κ1) is 15.5. The zero-order chi connectivity index (χ0) is 15.1. The van der Waals surface area contributed by atoms with Gasteiger partial charge in [-0.3, -0.25) is 4.79 Å². The molecule has 1 aromatic carbocycles. The lowest BCUT2D eigenvalue weighted by molar-refractivity contribution is -0.144. The fourth-order valence-electron chi connectivity index (χ4n) is 2.14. The smallest absolute Gasteiger partial charge is 0.328 e. The van der Waals surface area contributed by atoms with Gasteiger partial charge in [0.25, 0.3) is 0 Å². The molecule has 5 heteroatoms. The summed E-state index contributed by atoms with van der Waals surface area (Å²) < 4.78 is 4.76. The lowest BCUT2D eigenvalue weighted by Crippen LogP contribution is -2.46. The normalized spacial score (nSPS) is 15.3. The highest BCUT2D eigenvalue weighted by Gasteiger charge is 2.23. The number of benzene rings is 1. The average Bonchev–Trinajstić information content (AvgIpc) is 3.31. The summed E-state index contributed by atoms with van der Waals surface area (Å²) in [6, 6.07) is 8.93. The minimum absolute atomic E-state index is 0.179. The molecule has 1 saturated carbocycles. The van der Waals surface area contributed by atoms with Crippen molar-refractivity contribution in [1.82, 2.24) is 10.6 Å². The van der Waals surface area contributed by atoms with Crippen LogP contribution < -0.4 is 10.6 Å². The van der Waals surface area contributed by atoms with E-state index in [9.17, 15) is 9.59 Å². The molecule has 1 atom stereocenters. The van der Waals surface area contributed by atoms with Gasteiger partial charge in [0, 0.05) is 6.42 Å². The molecular weight excluding hydrogens is 268 g/mol. The van der Waals surface area contributed by atoms with E-state index in [-0.39, 0.29) is 12.5 Å². The van der Waals surface area contributed by atoms with E-state index in [1.807, 2.05) is 30.3 Å². The minimum Gasteiger partial charge on any atom is -0.467 e. The number of hydrogen-bond donors (Lipinski definition) is 2. The Morgan fingerprint density at radius 3 is 2.62 bits per heavy atom. The number of esters is 1. The lowest BCUT2D eigenvalue weighted by Gasteiger charge is -2.17. The van der Waals surface area contributed by atoms with Crippen molar-refractivity contribution in [3.63, 3.8) is 0 Å². The number of amides is 1. The topological polar surface area (TPSA) is 67.4 Å². The van der Waals surface area contributed by atoms with Crippen molar-refractivity contribution >= 4 is 11.9 Å². The largest absolute Gasteiger partial charge is 0.467 e.